The number of methoxy groups -OCH3 is 4. The molecule has 2 amide bonds. The number of hydrogen-bond acceptors (Lipinski definition) is 6. The van der Waals surface area contributed by atoms with Gasteiger partial charge in [-0.05, 0) is 73.4 Å². The van der Waals surface area contributed by atoms with Gasteiger partial charge in [-0.25, -0.2) is 0 Å². The molecule has 1 aliphatic rings. The van der Waals surface area contributed by atoms with Crippen LogP contribution in [-0.2, 0) is 16.0 Å². The van der Waals surface area contributed by atoms with Gasteiger partial charge in [-0.3, -0.25) is 9.59 Å². The van der Waals surface area contributed by atoms with Crippen molar-refractivity contribution in [1.82, 2.24) is 10.2 Å². The molecule has 1 N–H and O–H groups in total. The minimum Gasteiger partial charge on any atom is -0.493 e. The smallest absolute Gasteiger partial charge is 0.247 e. The van der Waals surface area contributed by atoms with E-state index in [-0.39, 0.29) is 30.3 Å². The molecule has 0 aliphatic heterocycles. The number of carbonyl (C=O) groups is 2. The van der Waals surface area contributed by atoms with Crippen molar-refractivity contribution in [3.63, 3.8) is 0 Å². The second-order valence-electron chi connectivity index (χ2n) is 9.64. The van der Waals surface area contributed by atoms with E-state index in [1.807, 2.05) is 18.2 Å². The second-order valence-corrected chi connectivity index (χ2v) is 9.91. The molecule has 0 saturated heterocycles. The molecule has 0 spiro atoms. The normalized spacial score (nSPS) is 17.7. The van der Waals surface area contributed by atoms with E-state index in [4.69, 9.17) is 30.5 Å². The van der Waals surface area contributed by atoms with Crippen molar-refractivity contribution in [2.75, 3.05) is 40.9 Å². The molecule has 2 aromatic rings. The Morgan fingerprint density at radius 3 is 2.05 bits per heavy atom. The molecule has 0 heterocycles. The number of amides is 2. The zero-order valence-electron chi connectivity index (χ0n) is 22.9. The summed E-state index contributed by atoms with van der Waals surface area (Å²) < 4.78 is 21.7. The molecule has 0 aromatic heterocycles. The number of rotatable bonds is 12. The lowest BCUT2D eigenvalue weighted by Crippen LogP contribution is -2.48. The maximum Gasteiger partial charge on any atom is 0.247 e. The number of carbonyl (C=O) groups excluding carboxylic acids is 2. The van der Waals surface area contributed by atoms with Crippen LogP contribution in [0.1, 0.15) is 49.8 Å². The Hall–Kier alpha value is -3.13. The molecule has 1 atom stereocenters. The number of halogens is 1. The van der Waals surface area contributed by atoms with Crippen LogP contribution in [0.25, 0.3) is 0 Å². The minimum absolute atomic E-state index is 0.0696. The number of hydrogen-bond donors (Lipinski definition) is 1. The van der Waals surface area contributed by atoms with Crippen molar-refractivity contribution in [3.8, 4) is 23.0 Å². The second kappa shape index (κ2) is 14.1. The van der Waals surface area contributed by atoms with Gasteiger partial charge in [0.15, 0.2) is 23.0 Å². The fourth-order valence-corrected chi connectivity index (χ4v) is 5.09. The van der Waals surface area contributed by atoms with Gasteiger partial charge in [0, 0.05) is 12.6 Å². The van der Waals surface area contributed by atoms with Crippen LogP contribution in [0.2, 0.25) is 0 Å². The van der Waals surface area contributed by atoms with Crippen LogP contribution in [0.5, 0.6) is 23.0 Å². The summed E-state index contributed by atoms with van der Waals surface area (Å²) >= 11 is 6.06. The highest BCUT2D eigenvalue weighted by molar-refractivity contribution is 6.27. The van der Waals surface area contributed by atoms with Gasteiger partial charge in [0.1, 0.15) is 11.9 Å². The van der Waals surface area contributed by atoms with E-state index in [9.17, 15) is 9.59 Å². The van der Waals surface area contributed by atoms with Crippen molar-refractivity contribution >= 4 is 23.4 Å². The maximum atomic E-state index is 13.8. The third kappa shape index (κ3) is 7.25. The number of alkyl halides is 1. The number of nitrogens with zero attached hydrogens (tertiary/aromatic N) is 1. The molecule has 1 aliphatic carbocycles. The molecule has 208 valence electrons. The Morgan fingerprint density at radius 2 is 1.47 bits per heavy atom. The van der Waals surface area contributed by atoms with Gasteiger partial charge in [0.25, 0.3) is 0 Å². The van der Waals surface area contributed by atoms with Crippen molar-refractivity contribution in [2.24, 2.45) is 5.92 Å². The third-order valence-electron chi connectivity index (χ3n) is 7.17. The Bertz CT molecular complexity index is 1090. The first-order valence-electron chi connectivity index (χ1n) is 12.9. The van der Waals surface area contributed by atoms with Crippen molar-refractivity contribution < 1.29 is 28.5 Å². The summed E-state index contributed by atoms with van der Waals surface area (Å²) in [7, 11) is 6.25. The summed E-state index contributed by atoms with van der Waals surface area (Å²) in [5.41, 5.74) is 1.55. The van der Waals surface area contributed by atoms with Crippen molar-refractivity contribution in [1.29, 1.82) is 0 Å². The monoisotopic (exact) mass is 546 g/mol. The highest BCUT2D eigenvalue weighted by atomic mass is 35.5. The average Bonchev–Trinajstić information content (AvgIpc) is 2.95. The van der Waals surface area contributed by atoms with E-state index in [1.54, 1.807) is 51.5 Å². The first-order chi connectivity index (χ1) is 18.3. The Balaban J connectivity index is 1.95. The molecular weight excluding hydrogens is 508 g/mol. The van der Waals surface area contributed by atoms with Crippen LogP contribution >= 0.6 is 11.6 Å². The van der Waals surface area contributed by atoms with Crippen LogP contribution in [-0.4, -0.2) is 63.6 Å². The predicted octanol–water partition coefficient (Wildman–Crippen LogP) is 4.77. The average molecular weight is 547 g/mol. The molecule has 2 aromatic carbocycles. The Kier molecular flexibility index (Phi) is 11.0. The van der Waals surface area contributed by atoms with Gasteiger partial charge in [0.2, 0.25) is 11.8 Å². The lowest BCUT2D eigenvalue weighted by Gasteiger charge is -2.34. The topological polar surface area (TPSA) is 86.3 Å². The SMILES string of the molecule is COc1ccc(CCN(C(=O)CCl)[C@H](C(=O)NC2CCC(C)CC2)c2ccc(OC)c(OC)c2)cc1OC. The van der Waals surface area contributed by atoms with E-state index in [1.165, 1.54) is 0 Å². The fourth-order valence-electron chi connectivity index (χ4n) is 4.94. The summed E-state index contributed by atoms with van der Waals surface area (Å²) in [6, 6.07) is 10.1. The van der Waals surface area contributed by atoms with E-state index in [2.05, 4.69) is 12.2 Å². The largest absolute Gasteiger partial charge is 0.493 e. The highest BCUT2D eigenvalue weighted by Gasteiger charge is 2.33. The first-order valence-corrected chi connectivity index (χ1v) is 13.5. The third-order valence-corrected chi connectivity index (χ3v) is 7.40. The van der Waals surface area contributed by atoms with Crippen LogP contribution in [0, 0.1) is 5.92 Å². The molecule has 38 heavy (non-hydrogen) atoms. The number of nitrogens with one attached hydrogen (secondary N) is 1. The molecule has 9 heteroatoms. The molecule has 0 radical (unpaired) electrons. The molecule has 3 rings (SSSR count). The summed E-state index contributed by atoms with van der Waals surface area (Å²) in [5, 5.41) is 3.21. The van der Waals surface area contributed by atoms with Crippen LogP contribution in [0.3, 0.4) is 0 Å². The van der Waals surface area contributed by atoms with Gasteiger partial charge in [-0.2, -0.15) is 0 Å². The summed E-state index contributed by atoms with van der Waals surface area (Å²) in [6.07, 6.45) is 4.45. The summed E-state index contributed by atoms with van der Waals surface area (Å²) in [4.78, 5) is 28.6. The standard InChI is InChI=1S/C29H39ClN2O6/c1-19-6-10-22(11-7-19)31-29(34)28(21-9-13-24(36-3)26(17-21)38-5)32(27(33)18-30)15-14-20-8-12-23(35-2)25(16-20)37-4/h8-9,12-13,16-17,19,22,28H,6-7,10-11,14-15,18H2,1-5H3,(H,31,34)/t19?,22?,28-/m0/s1. The number of ether oxygens (including phenoxy) is 4. The van der Waals surface area contributed by atoms with Crippen molar-refractivity contribution in [3.05, 3.63) is 47.5 Å². The summed E-state index contributed by atoms with van der Waals surface area (Å²) in [5.74, 6) is 2.08. The van der Waals surface area contributed by atoms with Gasteiger partial charge in [0.05, 0.1) is 28.4 Å². The fraction of sp³-hybridized carbons (Fsp3) is 0.517. The molecule has 1 saturated carbocycles. The lowest BCUT2D eigenvalue weighted by molar-refractivity contribution is -0.139. The van der Waals surface area contributed by atoms with Gasteiger partial charge in [-0.15, -0.1) is 11.6 Å². The first kappa shape index (κ1) is 29.4. The summed E-state index contributed by atoms with van der Waals surface area (Å²) in [6.45, 7) is 2.51. The molecule has 8 nitrogen and oxygen atoms in total. The zero-order valence-corrected chi connectivity index (χ0v) is 23.7. The molecule has 0 unspecified atom stereocenters. The van der Waals surface area contributed by atoms with Crippen molar-refractivity contribution in [2.45, 2.75) is 51.1 Å². The predicted molar refractivity (Wildman–Crippen MR) is 148 cm³/mol. The van der Waals surface area contributed by atoms with E-state index in [0.29, 0.717) is 40.9 Å². The van der Waals surface area contributed by atoms with Crippen LogP contribution in [0.4, 0.5) is 0 Å². The molecule has 1 fully saturated rings. The Morgan fingerprint density at radius 1 is 0.895 bits per heavy atom. The van der Waals surface area contributed by atoms with E-state index < -0.39 is 6.04 Å². The highest BCUT2D eigenvalue weighted by Crippen LogP contribution is 2.34. The van der Waals surface area contributed by atoms with Gasteiger partial charge in [-0.1, -0.05) is 19.1 Å². The van der Waals surface area contributed by atoms with Crippen LogP contribution in [0.15, 0.2) is 36.4 Å². The maximum absolute atomic E-state index is 13.8. The van der Waals surface area contributed by atoms with E-state index in [0.717, 1.165) is 31.2 Å². The number of benzene rings is 2. The molecule has 0 bridgehead atoms. The molecular formula is C29H39ClN2O6. The van der Waals surface area contributed by atoms with E-state index >= 15 is 0 Å². The van der Waals surface area contributed by atoms with Crippen LogP contribution < -0.4 is 24.3 Å². The van der Waals surface area contributed by atoms with Gasteiger partial charge >= 0.3 is 0 Å². The van der Waals surface area contributed by atoms with Gasteiger partial charge < -0.3 is 29.2 Å². The lowest BCUT2D eigenvalue weighted by atomic mass is 9.87. The Labute approximate surface area is 230 Å². The zero-order chi connectivity index (χ0) is 27.7. The minimum atomic E-state index is -0.888. The quantitative estimate of drug-likeness (QED) is 0.386.